The molecule has 0 rings (SSSR count). The Hall–Kier alpha value is -0.570. The third-order valence-corrected chi connectivity index (χ3v) is 1.43. The fraction of sp³-hybridized carbons (Fsp3) is 0.875. The van der Waals surface area contributed by atoms with E-state index in [2.05, 4.69) is 28.9 Å². The molecule has 0 heterocycles. The third kappa shape index (κ3) is 7.33. The number of hydrogen-bond acceptors (Lipinski definition) is 2. The van der Waals surface area contributed by atoms with Crippen LogP contribution in [-0.4, -0.2) is 57.4 Å². The van der Waals surface area contributed by atoms with Gasteiger partial charge in [0.05, 0.1) is 6.34 Å². The van der Waals surface area contributed by atoms with Crippen molar-refractivity contribution in [3.8, 4) is 0 Å². The molecule has 0 fully saturated rings. The normalized spacial score (nSPS) is 11.4. The van der Waals surface area contributed by atoms with Crippen molar-refractivity contribution in [3.63, 3.8) is 0 Å². The highest BCUT2D eigenvalue weighted by Gasteiger charge is 1.92. The van der Waals surface area contributed by atoms with E-state index in [9.17, 15) is 0 Å². The molecular formula is C8H19N3. The minimum absolute atomic E-state index is 1.08. The van der Waals surface area contributed by atoms with E-state index in [4.69, 9.17) is 0 Å². The summed E-state index contributed by atoms with van der Waals surface area (Å²) in [5, 5.41) is 0. The van der Waals surface area contributed by atoms with Gasteiger partial charge in [0, 0.05) is 20.6 Å². The molecule has 3 heteroatoms. The van der Waals surface area contributed by atoms with Crippen LogP contribution in [-0.2, 0) is 0 Å². The van der Waals surface area contributed by atoms with Crippen LogP contribution in [0.1, 0.15) is 6.42 Å². The van der Waals surface area contributed by atoms with Crippen molar-refractivity contribution in [1.82, 2.24) is 9.80 Å². The molecule has 0 aliphatic rings. The van der Waals surface area contributed by atoms with Gasteiger partial charge in [-0.25, -0.2) is 0 Å². The average molecular weight is 157 g/mol. The van der Waals surface area contributed by atoms with Crippen LogP contribution in [0, 0.1) is 0 Å². The van der Waals surface area contributed by atoms with Crippen molar-refractivity contribution in [2.45, 2.75) is 6.42 Å². The van der Waals surface area contributed by atoms with Gasteiger partial charge in [-0.05, 0) is 27.1 Å². The molecule has 0 spiro atoms. The second-order valence-electron chi connectivity index (χ2n) is 3.01. The molecule has 0 aromatic heterocycles. The molecule has 0 aliphatic carbocycles. The minimum Gasteiger partial charge on any atom is -0.366 e. The molecule has 0 saturated carbocycles. The molecule has 0 atom stereocenters. The topological polar surface area (TPSA) is 18.8 Å². The maximum atomic E-state index is 3.92. The lowest BCUT2D eigenvalue weighted by molar-refractivity contribution is 0.372. The summed E-state index contributed by atoms with van der Waals surface area (Å²) in [6.45, 7) is 2.22. The largest absolute Gasteiger partial charge is 0.366 e. The lowest BCUT2D eigenvalue weighted by Crippen LogP contribution is -2.22. The van der Waals surface area contributed by atoms with E-state index in [1.54, 1.807) is 7.05 Å². The molecule has 0 unspecified atom stereocenters. The van der Waals surface area contributed by atoms with Crippen LogP contribution in [0.25, 0.3) is 0 Å². The van der Waals surface area contributed by atoms with Gasteiger partial charge in [0.1, 0.15) is 0 Å². The molecule has 3 nitrogen and oxygen atoms in total. The molecule has 0 saturated heterocycles. The molecular weight excluding hydrogens is 138 g/mol. The Balaban J connectivity index is 3.24. The van der Waals surface area contributed by atoms with E-state index in [0.29, 0.717) is 0 Å². The standard InChI is InChI=1S/C8H19N3/c1-9-8-11(4)7-5-6-10(2)3/h8H,5-7H2,1-4H3. The van der Waals surface area contributed by atoms with Crippen molar-refractivity contribution >= 4 is 6.34 Å². The first kappa shape index (κ1) is 10.4. The Bertz CT molecular complexity index is 110. The zero-order valence-corrected chi connectivity index (χ0v) is 8.04. The molecule has 0 N–H and O–H groups in total. The Morgan fingerprint density at radius 3 is 2.27 bits per heavy atom. The van der Waals surface area contributed by atoms with Gasteiger partial charge < -0.3 is 9.80 Å². The Kier molecular flexibility index (Phi) is 5.84. The molecule has 0 radical (unpaired) electrons. The van der Waals surface area contributed by atoms with Crippen LogP contribution >= 0.6 is 0 Å². The second kappa shape index (κ2) is 6.16. The monoisotopic (exact) mass is 157 g/mol. The summed E-state index contributed by atoms with van der Waals surface area (Å²) in [6.07, 6.45) is 3.05. The van der Waals surface area contributed by atoms with Gasteiger partial charge >= 0.3 is 0 Å². The fourth-order valence-corrected chi connectivity index (χ4v) is 0.891. The van der Waals surface area contributed by atoms with Crippen LogP contribution < -0.4 is 0 Å². The van der Waals surface area contributed by atoms with Gasteiger partial charge in [-0.1, -0.05) is 0 Å². The Labute approximate surface area is 69.7 Å². The van der Waals surface area contributed by atoms with E-state index in [0.717, 1.165) is 13.1 Å². The fourth-order valence-electron chi connectivity index (χ4n) is 0.891. The maximum Gasteiger partial charge on any atom is 0.0843 e. The summed E-state index contributed by atoms with van der Waals surface area (Å²) in [6, 6.07) is 0. The van der Waals surface area contributed by atoms with E-state index < -0.39 is 0 Å². The van der Waals surface area contributed by atoms with E-state index >= 15 is 0 Å². The lowest BCUT2D eigenvalue weighted by atomic mass is 10.4. The van der Waals surface area contributed by atoms with E-state index in [-0.39, 0.29) is 0 Å². The van der Waals surface area contributed by atoms with Crippen molar-refractivity contribution in [3.05, 3.63) is 0 Å². The van der Waals surface area contributed by atoms with E-state index in [1.807, 2.05) is 13.4 Å². The molecule has 11 heavy (non-hydrogen) atoms. The second-order valence-corrected chi connectivity index (χ2v) is 3.01. The molecule has 66 valence electrons. The van der Waals surface area contributed by atoms with Crippen molar-refractivity contribution in [2.75, 3.05) is 41.3 Å². The first-order chi connectivity index (χ1) is 5.16. The van der Waals surface area contributed by atoms with Crippen LogP contribution in [0.4, 0.5) is 0 Å². The zero-order chi connectivity index (χ0) is 8.69. The number of aliphatic imine (C=N–C) groups is 1. The van der Waals surface area contributed by atoms with E-state index in [1.165, 1.54) is 6.42 Å². The van der Waals surface area contributed by atoms with Gasteiger partial charge in [-0.3, -0.25) is 4.99 Å². The highest BCUT2D eigenvalue weighted by atomic mass is 15.1. The van der Waals surface area contributed by atoms with Crippen LogP contribution in [0.3, 0.4) is 0 Å². The Morgan fingerprint density at radius 2 is 1.82 bits per heavy atom. The molecule has 0 bridgehead atoms. The van der Waals surface area contributed by atoms with Crippen molar-refractivity contribution in [2.24, 2.45) is 4.99 Å². The van der Waals surface area contributed by atoms with Gasteiger partial charge in [0.2, 0.25) is 0 Å². The SMILES string of the molecule is CN=CN(C)CCCN(C)C. The Morgan fingerprint density at radius 1 is 1.18 bits per heavy atom. The summed E-state index contributed by atoms with van der Waals surface area (Å²) in [5.74, 6) is 0. The van der Waals surface area contributed by atoms with Gasteiger partial charge in [0.25, 0.3) is 0 Å². The van der Waals surface area contributed by atoms with Gasteiger partial charge in [0.15, 0.2) is 0 Å². The predicted molar refractivity (Wildman–Crippen MR) is 50.2 cm³/mol. The molecule has 0 aromatic rings. The summed E-state index contributed by atoms with van der Waals surface area (Å²) >= 11 is 0. The summed E-state index contributed by atoms with van der Waals surface area (Å²) in [4.78, 5) is 8.21. The van der Waals surface area contributed by atoms with Crippen LogP contribution in [0.2, 0.25) is 0 Å². The highest BCUT2D eigenvalue weighted by molar-refractivity contribution is 5.53. The van der Waals surface area contributed by atoms with Crippen molar-refractivity contribution in [1.29, 1.82) is 0 Å². The first-order valence-corrected chi connectivity index (χ1v) is 3.94. The molecule has 0 aliphatic heterocycles. The molecule has 0 aromatic carbocycles. The first-order valence-electron chi connectivity index (χ1n) is 3.94. The summed E-state index contributed by atoms with van der Waals surface area (Å²) < 4.78 is 0. The van der Waals surface area contributed by atoms with Gasteiger partial charge in [-0.15, -0.1) is 0 Å². The number of nitrogens with zero attached hydrogens (tertiary/aromatic N) is 3. The highest BCUT2D eigenvalue weighted by Crippen LogP contribution is 1.85. The zero-order valence-electron chi connectivity index (χ0n) is 8.04. The third-order valence-electron chi connectivity index (χ3n) is 1.43. The summed E-state index contributed by atoms with van der Waals surface area (Å²) in [5.41, 5.74) is 0. The van der Waals surface area contributed by atoms with Gasteiger partial charge in [-0.2, -0.15) is 0 Å². The minimum atomic E-state index is 1.08. The average Bonchev–Trinajstić information content (AvgIpc) is 1.87. The maximum absolute atomic E-state index is 3.92. The quantitative estimate of drug-likeness (QED) is 0.428. The van der Waals surface area contributed by atoms with Crippen molar-refractivity contribution < 1.29 is 0 Å². The predicted octanol–water partition coefficient (Wildman–Crippen LogP) is 0.528. The smallest absolute Gasteiger partial charge is 0.0843 e. The summed E-state index contributed by atoms with van der Waals surface area (Å²) in [7, 11) is 8.02. The van der Waals surface area contributed by atoms with Crippen LogP contribution in [0.15, 0.2) is 4.99 Å². The number of rotatable bonds is 5. The lowest BCUT2D eigenvalue weighted by Gasteiger charge is -2.14. The number of hydrogen-bond donors (Lipinski definition) is 0. The molecule has 0 amide bonds. The van der Waals surface area contributed by atoms with Crippen LogP contribution in [0.5, 0.6) is 0 Å².